The number of amides is 1. The lowest BCUT2D eigenvalue weighted by Crippen LogP contribution is -2.46. The fourth-order valence-electron chi connectivity index (χ4n) is 2.55. The van der Waals surface area contributed by atoms with Gasteiger partial charge in [0.05, 0.1) is 32.0 Å². The van der Waals surface area contributed by atoms with Crippen molar-refractivity contribution in [3.05, 3.63) is 23.8 Å². The normalized spacial score (nSPS) is 15.3. The predicted molar refractivity (Wildman–Crippen MR) is 95.7 cm³/mol. The van der Waals surface area contributed by atoms with Crippen molar-refractivity contribution >= 4 is 11.9 Å². The Balaban J connectivity index is 2.03. The maximum Gasteiger partial charge on any atom is 0.339 e. The molecule has 144 valence electrons. The minimum atomic E-state index is -0.854. The van der Waals surface area contributed by atoms with Gasteiger partial charge in [0.15, 0.2) is 17.6 Å². The number of nitrogens with zero attached hydrogens (tertiary/aromatic N) is 1. The smallest absolute Gasteiger partial charge is 0.339 e. The highest BCUT2D eigenvalue weighted by Crippen LogP contribution is 2.29. The van der Waals surface area contributed by atoms with E-state index in [4.69, 9.17) is 18.9 Å². The van der Waals surface area contributed by atoms with Gasteiger partial charge in [-0.3, -0.25) is 4.79 Å². The summed E-state index contributed by atoms with van der Waals surface area (Å²) in [6, 6.07) is 4.89. The molecule has 0 radical (unpaired) electrons. The molecule has 1 heterocycles. The third-order valence-corrected chi connectivity index (χ3v) is 3.90. The number of benzene rings is 1. The fourth-order valence-corrected chi connectivity index (χ4v) is 2.55. The third-order valence-electron chi connectivity index (χ3n) is 3.90. The molecule has 1 fully saturated rings. The van der Waals surface area contributed by atoms with Gasteiger partial charge in [0.1, 0.15) is 0 Å². The second-order valence-corrected chi connectivity index (χ2v) is 5.93. The molecule has 1 aliphatic rings. The topological polar surface area (TPSA) is 74.3 Å². The number of carbonyl (C=O) groups excluding carboxylic acids is 2. The average Bonchev–Trinajstić information content (AvgIpc) is 2.67. The maximum atomic E-state index is 12.4. The van der Waals surface area contributed by atoms with Crippen LogP contribution in [0, 0.1) is 0 Å². The Morgan fingerprint density at radius 2 is 1.88 bits per heavy atom. The van der Waals surface area contributed by atoms with Crippen molar-refractivity contribution < 1.29 is 28.5 Å². The van der Waals surface area contributed by atoms with Crippen LogP contribution < -0.4 is 9.47 Å². The molecule has 1 unspecified atom stereocenters. The summed E-state index contributed by atoms with van der Waals surface area (Å²) in [7, 11) is 0. The van der Waals surface area contributed by atoms with E-state index >= 15 is 0 Å². The monoisotopic (exact) mass is 365 g/mol. The molecule has 7 nitrogen and oxygen atoms in total. The lowest BCUT2D eigenvalue weighted by molar-refractivity contribution is -0.143. The van der Waals surface area contributed by atoms with Crippen LogP contribution in [0.1, 0.15) is 37.6 Å². The molecule has 1 aromatic carbocycles. The molecular weight excluding hydrogens is 338 g/mol. The summed E-state index contributed by atoms with van der Waals surface area (Å²) in [6.07, 6.45) is 0.0171. The van der Waals surface area contributed by atoms with E-state index in [9.17, 15) is 9.59 Å². The summed E-state index contributed by atoms with van der Waals surface area (Å²) in [5, 5.41) is 0. The molecule has 1 saturated heterocycles. The molecule has 0 bridgehead atoms. The third kappa shape index (κ3) is 5.36. The molecule has 0 aromatic heterocycles. The van der Waals surface area contributed by atoms with Crippen molar-refractivity contribution in [2.24, 2.45) is 0 Å². The molecule has 1 amide bonds. The van der Waals surface area contributed by atoms with E-state index in [1.807, 2.05) is 13.8 Å². The standard InChI is InChI=1S/C19H27NO6/c1-4-10-25-16-7-6-15(13-17(16)24-5-2)19(22)26-14(3)18(21)20-8-11-23-12-9-20/h6-7,13-14H,4-5,8-12H2,1-3H3. The van der Waals surface area contributed by atoms with Gasteiger partial charge in [-0.05, 0) is 38.5 Å². The van der Waals surface area contributed by atoms with Gasteiger partial charge in [0.2, 0.25) is 0 Å². The number of rotatable bonds is 8. The number of morpholine rings is 1. The van der Waals surface area contributed by atoms with Crippen LogP contribution in [0.15, 0.2) is 18.2 Å². The number of esters is 1. The summed E-state index contributed by atoms with van der Waals surface area (Å²) in [5.74, 6) is 0.293. The highest BCUT2D eigenvalue weighted by molar-refractivity contribution is 5.92. The minimum Gasteiger partial charge on any atom is -0.490 e. The van der Waals surface area contributed by atoms with E-state index < -0.39 is 12.1 Å². The Kier molecular flexibility index (Phi) is 7.72. The number of carbonyl (C=O) groups is 2. The molecule has 0 aliphatic carbocycles. The summed E-state index contributed by atoms with van der Waals surface area (Å²) < 4.78 is 21.7. The first kappa shape index (κ1) is 20.0. The summed E-state index contributed by atoms with van der Waals surface area (Å²) >= 11 is 0. The number of hydrogen-bond donors (Lipinski definition) is 0. The van der Waals surface area contributed by atoms with Crippen molar-refractivity contribution in [1.82, 2.24) is 4.90 Å². The molecule has 7 heteroatoms. The molecule has 1 aliphatic heterocycles. The van der Waals surface area contributed by atoms with E-state index in [2.05, 4.69) is 0 Å². The quantitative estimate of drug-likeness (QED) is 0.658. The zero-order chi connectivity index (χ0) is 18.9. The second-order valence-electron chi connectivity index (χ2n) is 5.93. The van der Waals surface area contributed by atoms with Crippen LogP contribution in [0.2, 0.25) is 0 Å². The van der Waals surface area contributed by atoms with Gasteiger partial charge in [-0.15, -0.1) is 0 Å². The van der Waals surface area contributed by atoms with E-state index in [-0.39, 0.29) is 5.91 Å². The van der Waals surface area contributed by atoms with Gasteiger partial charge in [-0.25, -0.2) is 4.79 Å². The maximum absolute atomic E-state index is 12.4. The van der Waals surface area contributed by atoms with Gasteiger partial charge in [0, 0.05) is 13.1 Å². The molecule has 0 N–H and O–H groups in total. The molecule has 26 heavy (non-hydrogen) atoms. The summed E-state index contributed by atoms with van der Waals surface area (Å²) in [6.45, 7) is 8.50. The molecule has 0 spiro atoms. The predicted octanol–water partition coefficient (Wildman–Crippen LogP) is 2.28. The van der Waals surface area contributed by atoms with E-state index in [1.54, 1.807) is 30.0 Å². The first-order chi connectivity index (χ1) is 12.6. The van der Waals surface area contributed by atoms with Crippen LogP contribution in [0.5, 0.6) is 11.5 Å². The largest absolute Gasteiger partial charge is 0.490 e. The SMILES string of the molecule is CCCOc1ccc(C(=O)OC(C)C(=O)N2CCOCC2)cc1OCC. The highest BCUT2D eigenvalue weighted by atomic mass is 16.5. The first-order valence-corrected chi connectivity index (χ1v) is 9.04. The van der Waals surface area contributed by atoms with Crippen LogP contribution in [0.3, 0.4) is 0 Å². The van der Waals surface area contributed by atoms with Gasteiger partial charge >= 0.3 is 5.97 Å². The van der Waals surface area contributed by atoms with Crippen molar-refractivity contribution in [3.63, 3.8) is 0 Å². The van der Waals surface area contributed by atoms with E-state index in [1.165, 1.54) is 0 Å². The molecule has 2 rings (SSSR count). The van der Waals surface area contributed by atoms with Gasteiger partial charge in [-0.1, -0.05) is 6.92 Å². The molecule has 1 atom stereocenters. The Morgan fingerprint density at radius 1 is 1.15 bits per heavy atom. The lowest BCUT2D eigenvalue weighted by atomic mass is 10.2. The average molecular weight is 365 g/mol. The summed E-state index contributed by atoms with van der Waals surface area (Å²) in [5.41, 5.74) is 0.318. The first-order valence-electron chi connectivity index (χ1n) is 9.04. The van der Waals surface area contributed by atoms with Crippen LogP contribution in [0.25, 0.3) is 0 Å². The minimum absolute atomic E-state index is 0.213. The Hall–Kier alpha value is -2.28. The van der Waals surface area contributed by atoms with Gasteiger partial charge < -0.3 is 23.8 Å². The van der Waals surface area contributed by atoms with Gasteiger partial charge in [0.25, 0.3) is 5.91 Å². The van der Waals surface area contributed by atoms with Crippen LogP contribution in [0.4, 0.5) is 0 Å². The zero-order valence-corrected chi connectivity index (χ0v) is 15.7. The van der Waals surface area contributed by atoms with Crippen molar-refractivity contribution in [1.29, 1.82) is 0 Å². The number of ether oxygens (including phenoxy) is 4. The van der Waals surface area contributed by atoms with E-state index in [0.29, 0.717) is 56.6 Å². The van der Waals surface area contributed by atoms with Crippen LogP contribution in [-0.4, -0.2) is 62.4 Å². The number of hydrogen-bond acceptors (Lipinski definition) is 6. The Labute approximate surface area is 154 Å². The Bertz CT molecular complexity index is 612. The van der Waals surface area contributed by atoms with Gasteiger partial charge in [-0.2, -0.15) is 0 Å². The Morgan fingerprint density at radius 3 is 2.54 bits per heavy atom. The zero-order valence-electron chi connectivity index (χ0n) is 15.7. The van der Waals surface area contributed by atoms with E-state index in [0.717, 1.165) is 6.42 Å². The fraction of sp³-hybridized carbons (Fsp3) is 0.579. The molecule has 1 aromatic rings. The highest BCUT2D eigenvalue weighted by Gasteiger charge is 2.26. The van der Waals surface area contributed by atoms with Crippen LogP contribution in [-0.2, 0) is 14.3 Å². The van der Waals surface area contributed by atoms with Crippen LogP contribution >= 0.6 is 0 Å². The lowest BCUT2D eigenvalue weighted by Gasteiger charge is -2.29. The molecule has 0 saturated carbocycles. The van der Waals surface area contributed by atoms with Crippen molar-refractivity contribution in [2.75, 3.05) is 39.5 Å². The molecular formula is C19H27NO6. The van der Waals surface area contributed by atoms with Crippen molar-refractivity contribution in [2.45, 2.75) is 33.3 Å². The summed E-state index contributed by atoms with van der Waals surface area (Å²) in [4.78, 5) is 26.4. The van der Waals surface area contributed by atoms with Crippen molar-refractivity contribution in [3.8, 4) is 11.5 Å². The second kappa shape index (κ2) is 10.0.